The van der Waals surface area contributed by atoms with Crippen molar-refractivity contribution >= 4 is 6.08 Å². The third-order valence-corrected chi connectivity index (χ3v) is 3.50. The predicted molar refractivity (Wildman–Crippen MR) is 86.2 cm³/mol. The molecule has 2 aromatic rings. The van der Waals surface area contributed by atoms with Crippen LogP contribution in [0, 0.1) is 0 Å². The van der Waals surface area contributed by atoms with Crippen molar-refractivity contribution in [2.75, 3.05) is 13.2 Å². The highest BCUT2D eigenvalue weighted by Crippen LogP contribution is 2.23. The first kappa shape index (κ1) is 14.8. The molecular weight excluding hydrogens is 276 g/mol. The molecule has 0 bridgehead atoms. The molecule has 1 aliphatic rings. The van der Waals surface area contributed by atoms with Gasteiger partial charge in [0.2, 0.25) is 0 Å². The van der Waals surface area contributed by atoms with E-state index in [1.54, 1.807) is 6.26 Å². The van der Waals surface area contributed by atoms with Crippen LogP contribution in [0.2, 0.25) is 0 Å². The van der Waals surface area contributed by atoms with Crippen LogP contribution >= 0.6 is 0 Å². The van der Waals surface area contributed by atoms with Crippen LogP contribution in [-0.4, -0.2) is 25.4 Å². The third-order valence-electron chi connectivity index (χ3n) is 3.50. The van der Waals surface area contributed by atoms with E-state index in [9.17, 15) is 0 Å². The van der Waals surface area contributed by atoms with Crippen LogP contribution in [0.25, 0.3) is 6.08 Å². The maximum absolute atomic E-state index is 5.65. The molecule has 3 heteroatoms. The molecule has 0 aromatic heterocycles. The SMILES string of the molecule is C(=C\c1ccccc1)/OC[C@@H]1O[C@H]1COCc1ccccc1. The van der Waals surface area contributed by atoms with Crippen molar-refractivity contribution in [1.82, 2.24) is 0 Å². The molecule has 2 atom stereocenters. The fourth-order valence-electron chi connectivity index (χ4n) is 2.18. The second-order valence-corrected chi connectivity index (χ2v) is 5.26. The van der Waals surface area contributed by atoms with Gasteiger partial charge in [-0.3, -0.25) is 0 Å². The van der Waals surface area contributed by atoms with Crippen LogP contribution in [0.1, 0.15) is 11.1 Å². The second kappa shape index (κ2) is 7.78. The minimum Gasteiger partial charge on any atom is -0.498 e. The number of epoxide rings is 1. The molecule has 2 aromatic carbocycles. The quantitative estimate of drug-likeness (QED) is 0.550. The van der Waals surface area contributed by atoms with Crippen molar-refractivity contribution in [1.29, 1.82) is 0 Å². The summed E-state index contributed by atoms with van der Waals surface area (Å²) in [6.45, 7) is 1.82. The van der Waals surface area contributed by atoms with E-state index in [0.29, 0.717) is 19.8 Å². The standard InChI is InChI=1S/C19H20O3/c1-3-7-16(8-4-1)11-12-20-14-18-19(22-18)15-21-13-17-9-5-2-6-10-17/h1-12,18-19H,13-15H2/b12-11+/t18-,19-/m0/s1. The van der Waals surface area contributed by atoms with Gasteiger partial charge in [0.1, 0.15) is 18.8 Å². The molecule has 3 nitrogen and oxygen atoms in total. The molecule has 1 aliphatic heterocycles. The maximum atomic E-state index is 5.65. The number of ether oxygens (including phenoxy) is 3. The molecule has 1 heterocycles. The average molecular weight is 296 g/mol. The number of benzene rings is 2. The molecule has 0 saturated carbocycles. The van der Waals surface area contributed by atoms with Gasteiger partial charge in [0.05, 0.1) is 19.5 Å². The molecule has 0 radical (unpaired) electrons. The number of hydrogen-bond donors (Lipinski definition) is 0. The summed E-state index contributed by atoms with van der Waals surface area (Å²) in [5.74, 6) is 0. The zero-order chi connectivity index (χ0) is 15.0. The molecule has 1 saturated heterocycles. The summed E-state index contributed by atoms with van der Waals surface area (Å²) in [5.41, 5.74) is 2.31. The molecule has 3 rings (SSSR count). The molecule has 0 amide bonds. The fourth-order valence-corrected chi connectivity index (χ4v) is 2.18. The lowest BCUT2D eigenvalue weighted by atomic mass is 10.2. The first-order valence-electron chi connectivity index (χ1n) is 7.52. The maximum Gasteiger partial charge on any atom is 0.120 e. The first-order valence-corrected chi connectivity index (χ1v) is 7.52. The van der Waals surface area contributed by atoms with Gasteiger partial charge in [-0.25, -0.2) is 0 Å². The summed E-state index contributed by atoms with van der Waals surface area (Å²) in [6, 6.07) is 20.2. The zero-order valence-corrected chi connectivity index (χ0v) is 12.4. The molecule has 0 spiro atoms. The Morgan fingerprint density at radius 1 is 0.864 bits per heavy atom. The van der Waals surface area contributed by atoms with Crippen LogP contribution in [0.4, 0.5) is 0 Å². The van der Waals surface area contributed by atoms with E-state index >= 15 is 0 Å². The van der Waals surface area contributed by atoms with Gasteiger partial charge in [-0.2, -0.15) is 0 Å². The van der Waals surface area contributed by atoms with Crippen molar-refractivity contribution in [3.8, 4) is 0 Å². The topological polar surface area (TPSA) is 31.0 Å². The van der Waals surface area contributed by atoms with Crippen molar-refractivity contribution in [3.63, 3.8) is 0 Å². The van der Waals surface area contributed by atoms with Crippen molar-refractivity contribution in [2.24, 2.45) is 0 Å². The minimum atomic E-state index is 0.149. The van der Waals surface area contributed by atoms with Crippen LogP contribution < -0.4 is 0 Å². The summed E-state index contributed by atoms with van der Waals surface area (Å²) >= 11 is 0. The van der Waals surface area contributed by atoms with Gasteiger partial charge in [-0.05, 0) is 17.2 Å². The Kier molecular flexibility index (Phi) is 5.24. The molecule has 0 aliphatic carbocycles. The second-order valence-electron chi connectivity index (χ2n) is 5.26. The van der Waals surface area contributed by atoms with Crippen LogP contribution in [0.15, 0.2) is 66.9 Å². The molecular formula is C19H20O3. The Labute approximate surface area is 131 Å². The summed E-state index contributed by atoms with van der Waals surface area (Å²) < 4.78 is 16.7. The van der Waals surface area contributed by atoms with E-state index in [-0.39, 0.29) is 12.2 Å². The van der Waals surface area contributed by atoms with E-state index in [1.165, 1.54) is 5.56 Å². The van der Waals surface area contributed by atoms with Crippen molar-refractivity contribution in [3.05, 3.63) is 78.1 Å². The lowest BCUT2D eigenvalue weighted by molar-refractivity contribution is 0.104. The van der Waals surface area contributed by atoms with Gasteiger partial charge in [-0.15, -0.1) is 0 Å². The zero-order valence-electron chi connectivity index (χ0n) is 12.4. The normalized spacial score (nSPS) is 20.2. The predicted octanol–water partition coefficient (Wildman–Crippen LogP) is 3.66. The number of rotatable bonds is 8. The monoisotopic (exact) mass is 296 g/mol. The Balaban J connectivity index is 1.28. The summed E-state index contributed by atoms with van der Waals surface area (Å²) in [4.78, 5) is 0. The molecule has 114 valence electrons. The Bertz CT molecular complexity index is 580. The summed E-state index contributed by atoms with van der Waals surface area (Å²) in [7, 11) is 0. The molecule has 1 fully saturated rings. The molecule has 22 heavy (non-hydrogen) atoms. The summed E-state index contributed by atoms with van der Waals surface area (Å²) in [6.07, 6.45) is 3.98. The average Bonchev–Trinajstić information content (AvgIpc) is 3.32. The van der Waals surface area contributed by atoms with E-state index in [0.717, 1.165) is 5.56 Å². The van der Waals surface area contributed by atoms with Crippen LogP contribution in [0.3, 0.4) is 0 Å². The van der Waals surface area contributed by atoms with Crippen molar-refractivity contribution < 1.29 is 14.2 Å². The highest BCUT2D eigenvalue weighted by Gasteiger charge is 2.39. The Morgan fingerprint density at radius 2 is 1.55 bits per heavy atom. The van der Waals surface area contributed by atoms with Gasteiger partial charge in [0, 0.05) is 0 Å². The van der Waals surface area contributed by atoms with E-state index in [1.807, 2.05) is 54.6 Å². The minimum absolute atomic E-state index is 0.149. The number of hydrogen-bond acceptors (Lipinski definition) is 3. The highest BCUT2D eigenvalue weighted by atomic mass is 16.6. The van der Waals surface area contributed by atoms with Gasteiger partial charge in [-0.1, -0.05) is 60.7 Å². The Hall–Kier alpha value is -2.10. The smallest absolute Gasteiger partial charge is 0.120 e. The largest absolute Gasteiger partial charge is 0.498 e. The van der Waals surface area contributed by atoms with E-state index in [2.05, 4.69) is 12.1 Å². The van der Waals surface area contributed by atoms with E-state index < -0.39 is 0 Å². The fraction of sp³-hybridized carbons (Fsp3) is 0.263. The van der Waals surface area contributed by atoms with Gasteiger partial charge in [0.25, 0.3) is 0 Å². The molecule has 0 N–H and O–H groups in total. The van der Waals surface area contributed by atoms with E-state index in [4.69, 9.17) is 14.2 Å². The highest BCUT2D eigenvalue weighted by molar-refractivity contribution is 5.47. The Morgan fingerprint density at radius 3 is 2.32 bits per heavy atom. The van der Waals surface area contributed by atoms with Gasteiger partial charge in [0.15, 0.2) is 0 Å². The summed E-state index contributed by atoms with van der Waals surface area (Å²) in [5, 5.41) is 0. The molecule has 0 unspecified atom stereocenters. The lowest BCUT2D eigenvalue weighted by Crippen LogP contribution is -2.08. The lowest BCUT2D eigenvalue weighted by Gasteiger charge is -2.02. The van der Waals surface area contributed by atoms with Crippen LogP contribution in [-0.2, 0) is 20.8 Å². The van der Waals surface area contributed by atoms with Crippen molar-refractivity contribution in [2.45, 2.75) is 18.8 Å². The first-order chi connectivity index (χ1) is 10.9. The van der Waals surface area contributed by atoms with Crippen LogP contribution in [0.5, 0.6) is 0 Å². The van der Waals surface area contributed by atoms with Gasteiger partial charge >= 0.3 is 0 Å². The van der Waals surface area contributed by atoms with Gasteiger partial charge < -0.3 is 14.2 Å². The third kappa shape index (κ3) is 4.72.